The molecule has 0 spiro atoms. The topological polar surface area (TPSA) is 162 Å². The summed E-state index contributed by atoms with van der Waals surface area (Å²) in [7, 11) is 1.24. The summed E-state index contributed by atoms with van der Waals surface area (Å²) in [5, 5.41) is 20.8. The van der Waals surface area contributed by atoms with Crippen molar-refractivity contribution in [2.75, 3.05) is 7.11 Å². The molecule has 1 aromatic carbocycles. The van der Waals surface area contributed by atoms with Crippen molar-refractivity contribution in [3.8, 4) is 0 Å². The maximum atomic E-state index is 14.0. The minimum absolute atomic E-state index is 0. The Hall–Kier alpha value is -3.09. The average Bonchev–Trinajstić information content (AvgIpc) is 3.35. The van der Waals surface area contributed by atoms with Crippen molar-refractivity contribution in [1.82, 2.24) is 25.4 Å². The SMILES string of the molecule is CCCC[C@@H](NC(=O)[C@@H](Cc1cc2ccccc2n1C(=O)OC)NC(=O)[C@H](CC(C)(C)C)NC(=O)N1[C@H](C)CCC[C@@H]1C)C(=O)[O-].[Na+]. The van der Waals surface area contributed by atoms with Crippen molar-refractivity contribution in [3.63, 3.8) is 0 Å². The van der Waals surface area contributed by atoms with Crippen molar-refractivity contribution in [2.24, 2.45) is 5.41 Å². The summed E-state index contributed by atoms with van der Waals surface area (Å²) in [5.41, 5.74) is 0.552. The van der Waals surface area contributed by atoms with Gasteiger partial charge in [-0.15, -0.1) is 0 Å². The summed E-state index contributed by atoms with van der Waals surface area (Å²) >= 11 is 0. The number of nitrogens with one attached hydrogen (secondary N) is 3. The number of nitrogens with zero attached hydrogens (tertiary/aromatic N) is 2. The van der Waals surface area contributed by atoms with Crippen molar-refractivity contribution in [3.05, 3.63) is 36.0 Å². The number of amides is 4. The van der Waals surface area contributed by atoms with Gasteiger partial charge < -0.3 is 35.5 Å². The van der Waals surface area contributed by atoms with Crippen LogP contribution >= 0.6 is 0 Å². The molecule has 4 amide bonds. The quantitative estimate of drug-likeness (QED) is 0.279. The minimum atomic E-state index is -1.43. The minimum Gasteiger partial charge on any atom is -0.548 e. The third-order valence-corrected chi connectivity index (χ3v) is 8.50. The fourth-order valence-corrected chi connectivity index (χ4v) is 6.16. The Labute approximate surface area is 300 Å². The van der Waals surface area contributed by atoms with E-state index in [1.165, 1.54) is 11.7 Å². The summed E-state index contributed by atoms with van der Waals surface area (Å²) in [4.78, 5) is 67.8. The largest absolute Gasteiger partial charge is 1.00 e. The van der Waals surface area contributed by atoms with Gasteiger partial charge in [-0.05, 0) is 63.5 Å². The number of aliphatic carboxylic acids is 1. The van der Waals surface area contributed by atoms with Crippen molar-refractivity contribution < 1.29 is 63.4 Å². The first-order valence-electron chi connectivity index (χ1n) is 16.2. The van der Waals surface area contributed by atoms with Gasteiger partial charge in [-0.3, -0.25) is 9.59 Å². The Morgan fingerprint density at radius 2 is 1.55 bits per heavy atom. The van der Waals surface area contributed by atoms with E-state index in [2.05, 4.69) is 16.0 Å². The number of rotatable bonds is 12. The molecule has 2 heterocycles. The normalized spacial score (nSPS) is 18.3. The van der Waals surface area contributed by atoms with Crippen molar-refractivity contribution >= 4 is 40.8 Å². The zero-order chi connectivity index (χ0) is 34.2. The predicted molar refractivity (Wildman–Crippen MR) is 173 cm³/mol. The summed E-state index contributed by atoms with van der Waals surface area (Å²) in [6.45, 7) is 11.7. The number of carbonyl (C=O) groups is 5. The smallest absolute Gasteiger partial charge is 0.548 e. The third-order valence-electron chi connectivity index (χ3n) is 8.50. The van der Waals surface area contributed by atoms with Gasteiger partial charge in [-0.1, -0.05) is 58.7 Å². The number of carbonyl (C=O) groups excluding carboxylic acids is 5. The molecule has 1 aliphatic heterocycles. The van der Waals surface area contributed by atoms with Crippen LogP contribution in [0.3, 0.4) is 0 Å². The van der Waals surface area contributed by atoms with Gasteiger partial charge in [-0.2, -0.15) is 0 Å². The number of hydrogen-bond donors (Lipinski definition) is 3. The molecule has 1 fully saturated rings. The van der Waals surface area contributed by atoms with Crippen molar-refractivity contribution in [1.29, 1.82) is 0 Å². The molecule has 13 heteroatoms. The maximum absolute atomic E-state index is 14.0. The van der Waals surface area contributed by atoms with Crippen LogP contribution in [0.2, 0.25) is 0 Å². The number of ether oxygens (including phenoxy) is 1. The Bertz CT molecular complexity index is 1390. The number of benzene rings is 1. The van der Waals surface area contributed by atoms with Gasteiger partial charge in [0.05, 0.1) is 24.6 Å². The zero-order valence-corrected chi connectivity index (χ0v) is 31.2. The maximum Gasteiger partial charge on any atom is 1.00 e. The molecule has 47 heavy (non-hydrogen) atoms. The van der Waals surface area contributed by atoms with Crippen molar-refractivity contribution in [2.45, 2.75) is 123 Å². The summed E-state index contributed by atoms with van der Waals surface area (Å²) in [6.07, 6.45) is 3.58. The molecule has 1 aromatic heterocycles. The standard InChI is InChI=1S/C34H51N5O7.Na/c1-8-9-16-25(31(42)43)35-29(40)26(19-24-18-23-15-10-11-17-28(23)39(24)33(45)46-7)36-30(41)27(20-34(4,5)6)37-32(44)38-21(2)13-12-14-22(38)3;/h10-11,15,17-18,21-22,25-27H,8-9,12-14,16,19-20H2,1-7H3,(H,35,40)(H,36,41)(H,37,44)(H,42,43);/q;+1/p-1/t21-,22+,25-,26-,27+;/m1./s1. The fourth-order valence-electron chi connectivity index (χ4n) is 6.16. The van der Waals surface area contributed by atoms with E-state index in [1.807, 2.05) is 47.6 Å². The van der Waals surface area contributed by atoms with Gasteiger partial charge in [0.1, 0.15) is 12.1 Å². The number of hydrogen-bond acceptors (Lipinski definition) is 7. The number of carboxylic acids is 1. The molecule has 0 bridgehead atoms. The van der Waals surface area contributed by atoms with E-state index in [9.17, 15) is 29.1 Å². The first kappa shape index (κ1) is 40.1. The van der Waals surface area contributed by atoms with Gasteiger partial charge in [0, 0.05) is 29.6 Å². The van der Waals surface area contributed by atoms with E-state index in [1.54, 1.807) is 29.2 Å². The predicted octanol–water partition coefficient (Wildman–Crippen LogP) is 0.489. The van der Waals surface area contributed by atoms with Crippen LogP contribution in [0.5, 0.6) is 0 Å². The molecule has 0 unspecified atom stereocenters. The van der Waals surface area contributed by atoms with Gasteiger partial charge in [0.25, 0.3) is 0 Å². The average molecular weight is 664 g/mol. The molecule has 0 aliphatic carbocycles. The van der Waals surface area contributed by atoms with E-state index in [0.717, 1.165) is 19.3 Å². The van der Waals surface area contributed by atoms with E-state index in [0.29, 0.717) is 29.4 Å². The van der Waals surface area contributed by atoms with Crippen LogP contribution < -0.4 is 50.6 Å². The van der Waals surface area contributed by atoms with E-state index in [4.69, 9.17) is 4.74 Å². The van der Waals surface area contributed by atoms with Gasteiger partial charge in [0.2, 0.25) is 11.8 Å². The van der Waals surface area contributed by atoms with Crippen LogP contribution in [-0.2, 0) is 25.5 Å². The Balaban J connectivity index is 0.00000768. The third kappa shape index (κ3) is 11.0. The molecule has 12 nitrogen and oxygen atoms in total. The molecule has 254 valence electrons. The molecule has 3 N–H and O–H groups in total. The number of piperidine rings is 1. The zero-order valence-electron chi connectivity index (χ0n) is 29.2. The first-order chi connectivity index (χ1) is 21.7. The van der Waals surface area contributed by atoms with Gasteiger partial charge in [-0.25, -0.2) is 14.2 Å². The first-order valence-corrected chi connectivity index (χ1v) is 16.2. The van der Waals surface area contributed by atoms with Crippen LogP contribution in [0, 0.1) is 5.41 Å². The number of aromatic nitrogens is 1. The van der Waals surface area contributed by atoms with Gasteiger partial charge in [0.15, 0.2) is 0 Å². The van der Waals surface area contributed by atoms with Gasteiger partial charge >= 0.3 is 41.7 Å². The second kappa shape index (κ2) is 17.9. The van der Waals surface area contributed by atoms with Crippen LogP contribution in [-0.4, -0.2) is 76.7 Å². The number of fused-ring (bicyclic) bond motifs is 1. The Morgan fingerprint density at radius 3 is 2.13 bits per heavy atom. The second-order valence-electron chi connectivity index (χ2n) is 13.6. The molecule has 5 atom stereocenters. The van der Waals surface area contributed by atoms with E-state index < -0.39 is 42.0 Å². The van der Waals surface area contributed by atoms with E-state index in [-0.39, 0.29) is 72.3 Å². The number of carboxylic acid groups (broad SMARTS) is 1. The molecule has 1 saturated heterocycles. The van der Waals surface area contributed by atoms with Crippen LogP contribution in [0.4, 0.5) is 9.59 Å². The number of urea groups is 1. The fraction of sp³-hybridized carbons (Fsp3) is 0.618. The summed E-state index contributed by atoms with van der Waals surface area (Å²) in [6, 6.07) is 4.93. The summed E-state index contributed by atoms with van der Waals surface area (Å²) < 4.78 is 6.34. The Kier molecular flexibility index (Phi) is 15.3. The molecular weight excluding hydrogens is 613 g/mol. The number of likely N-dealkylation sites (tertiary alicyclic amines) is 1. The van der Waals surface area contributed by atoms with Crippen LogP contribution in [0.15, 0.2) is 30.3 Å². The molecule has 0 radical (unpaired) electrons. The number of methoxy groups -OCH3 is 1. The molecule has 1 aliphatic rings. The van der Waals surface area contributed by atoms with Crippen LogP contribution in [0.1, 0.15) is 92.2 Å². The molecule has 2 aromatic rings. The van der Waals surface area contributed by atoms with Crippen LogP contribution in [0.25, 0.3) is 10.9 Å². The van der Waals surface area contributed by atoms with E-state index >= 15 is 0 Å². The molecule has 0 saturated carbocycles. The molecular formula is C34H50N5NaO7. The Morgan fingerprint density at radius 1 is 0.957 bits per heavy atom. The second-order valence-corrected chi connectivity index (χ2v) is 13.6. The number of unbranched alkanes of at least 4 members (excludes halogenated alkanes) is 1. The summed E-state index contributed by atoms with van der Waals surface area (Å²) in [5.74, 6) is -2.78. The number of para-hydroxylation sites is 1. The molecule has 3 rings (SSSR count). The monoisotopic (exact) mass is 663 g/mol.